The molecule has 4 nitrogen and oxygen atoms in total. The number of benzene rings is 1. The Balaban J connectivity index is 3.36. The van der Waals surface area contributed by atoms with E-state index in [1.807, 2.05) is 0 Å². The molecule has 0 N–H and O–H groups in total. The molecule has 0 fully saturated rings. The van der Waals surface area contributed by atoms with Crippen molar-refractivity contribution in [2.45, 2.75) is 24.8 Å². The van der Waals surface area contributed by atoms with Crippen molar-refractivity contribution in [2.75, 3.05) is 0 Å². The van der Waals surface area contributed by atoms with Crippen LogP contribution in [0.3, 0.4) is 0 Å². The summed E-state index contributed by atoms with van der Waals surface area (Å²) in [7, 11) is 0.915. The third kappa shape index (κ3) is 3.57. The zero-order valence-electron chi connectivity index (χ0n) is 9.41. The van der Waals surface area contributed by atoms with Gasteiger partial charge < -0.3 is 4.74 Å². The summed E-state index contributed by atoms with van der Waals surface area (Å²) in [5.41, 5.74) is -0.385. The van der Waals surface area contributed by atoms with Crippen molar-refractivity contribution in [2.24, 2.45) is 0 Å². The average molecular weight is 315 g/mol. The highest BCUT2D eigenvalue weighted by molar-refractivity contribution is 8.13. The van der Waals surface area contributed by atoms with E-state index < -0.39 is 36.9 Å². The molecule has 0 aliphatic heterocycles. The second kappa shape index (κ2) is 5.42. The number of hydrogen-bond acceptors (Lipinski definition) is 4. The van der Waals surface area contributed by atoms with Crippen LogP contribution in [-0.2, 0) is 13.8 Å². The maximum absolute atomic E-state index is 13.4. The van der Waals surface area contributed by atoms with E-state index in [2.05, 4.69) is 0 Å². The fourth-order valence-corrected chi connectivity index (χ4v) is 2.09. The Morgan fingerprint density at radius 2 is 1.94 bits per heavy atom. The van der Waals surface area contributed by atoms with Crippen LogP contribution in [0, 0.1) is 5.82 Å². The Morgan fingerprint density at radius 1 is 1.39 bits per heavy atom. The van der Waals surface area contributed by atoms with Crippen LogP contribution in [0.15, 0.2) is 17.0 Å². The predicted octanol–water partition coefficient (Wildman–Crippen LogP) is 2.97. The minimum atomic E-state index is -4.16. The molecule has 100 valence electrons. The van der Waals surface area contributed by atoms with Crippen LogP contribution in [-0.4, -0.2) is 20.5 Å². The van der Waals surface area contributed by atoms with Crippen molar-refractivity contribution >= 4 is 37.3 Å². The largest absolute Gasteiger partial charge is 0.459 e. The number of carbonyl (C=O) groups is 1. The first-order chi connectivity index (χ1) is 8.12. The quantitative estimate of drug-likeness (QED) is 0.635. The van der Waals surface area contributed by atoms with Crippen LogP contribution in [0.2, 0.25) is 5.02 Å². The van der Waals surface area contributed by atoms with Gasteiger partial charge in [-0.15, -0.1) is 0 Å². The van der Waals surface area contributed by atoms with Gasteiger partial charge >= 0.3 is 5.97 Å². The van der Waals surface area contributed by atoms with Gasteiger partial charge in [0.2, 0.25) is 0 Å². The van der Waals surface area contributed by atoms with Crippen molar-refractivity contribution in [3.8, 4) is 0 Å². The maximum Gasteiger partial charge on any atom is 0.340 e. The molecule has 0 saturated heterocycles. The Labute approximate surface area is 113 Å². The van der Waals surface area contributed by atoms with Crippen LogP contribution in [0.4, 0.5) is 4.39 Å². The van der Waals surface area contributed by atoms with Crippen LogP contribution in [0.5, 0.6) is 0 Å². The molecule has 0 saturated carbocycles. The molecule has 1 rings (SSSR count). The molecule has 0 unspecified atom stereocenters. The van der Waals surface area contributed by atoms with E-state index in [1.165, 1.54) is 0 Å². The number of hydrogen-bond donors (Lipinski definition) is 0. The van der Waals surface area contributed by atoms with E-state index in [-0.39, 0.29) is 5.56 Å². The number of halogens is 3. The molecule has 1 aromatic carbocycles. The van der Waals surface area contributed by atoms with Gasteiger partial charge in [0.05, 0.1) is 21.6 Å². The van der Waals surface area contributed by atoms with Gasteiger partial charge in [-0.25, -0.2) is 17.6 Å². The highest BCUT2D eigenvalue weighted by Crippen LogP contribution is 2.27. The Hall–Kier alpha value is -0.850. The lowest BCUT2D eigenvalue weighted by Crippen LogP contribution is -2.13. The lowest BCUT2D eigenvalue weighted by atomic mass is 10.2. The van der Waals surface area contributed by atoms with Crippen LogP contribution in [0.1, 0.15) is 24.2 Å². The van der Waals surface area contributed by atoms with Crippen LogP contribution < -0.4 is 0 Å². The molecule has 0 aromatic heterocycles. The molecule has 0 bridgehead atoms. The van der Waals surface area contributed by atoms with E-state index in [0.717, 1.165) is 6.07 Å². The SMILES string of the molecule is CC(C)OC(=O)c1cc(S(=O)(=O)Cl)cc(F)c1Cl. The summed E-state index contributed by atoms with van der Waals surface area (Å²) >= 11 is 5.58. The van der Waals surface area contributed by atoms with Crippen molar-refractivity contribution in [1.82, 2.24) is 0 Å². The molecule has 0 spiro atoms. The summed E-state index contributed by atoms with van der Waals surface area (Å²) in [6.07, 6.45) is -0.451. The molecule has 0 aliphatic carbocycles. The molecule has 1 aromatic rings. The van der Waals surface area contributed by atoms with Crippen molar-refractivity contribution in [1.29, 1.82) is 0 Å². The first-order valence-corrected chi connectivity index (χ1v) is 7.46. The van der Waals surface area contributed by atoms with Gasteiger partial charge in [-0.3, -0.25) is 0 Å². The normalized spacial score (nSPS) is 11.7. The Morgan fingerprint density at radius 3 is 2.39 bits per heavy atom. The molecule has 0 radical (unpaired) electrons. The number of ether oxygens (including phenoxy) is 1. The fraction of sp³-hybridized carbons (Fsp3) is 0.300. The molecular formula is C10H9Cl2FO4S. The monoisotopic (exact) mass is 314 g/mol. The summed E-state index contributed by atoms with van der Waals surface area (Å²) in [5, 5.41) is -0.510. The Kier molecular flexibility index (Phi) is 4.58. The summed E-state index contributed by atoms with van der Waals surface area (Å²) in [6.45, 7) is 3.18. The topological polar surface area (TPSA) is 60.4 Å². The third-order valence-electron chi connectivity index (χ3n) is 1.85. The summed E-state index contributed by atoms with van der Waals surface area (Å²) < 4.78 is 40.4. The van der Waals surface area contributed by atoms with Crippen LogP contribution in [0.25, 0.3) is 0 Å². The van der Waals surface area contributed by atoms with E-state index in [0.29, 0.717) is 6.07 Å². The summed E-state index contributed by atoms with van der Waals surface area (Å²) in [4.78, 5) is 11.0. The molecule has 0 amide bonds. The van der Waals surface area contributed by atoms with Gasteiger partial charge in [-0.05, 0) is 26.0 Å². The third-order valence-corrected chi connectivity index (χ3v) is 3.56. The van der Waals surface area contributed by atoms with Gasteiger partial charge in [0.25, 0.3) is 9.05 Å². The van der Waals surface area contributed by atoms with Crippen molar-refractivity contribution in [3.63, 3.8) is 0 Å². The minimum absolute atomic E-state index is 0.385. The van der Waals surface area contributed by atoms with E-state index >= 15 is 0 Å². The first kappa shape index (κ1) is 15.2. The highest BCUT2D eigenvalue weighted by Gasteiger charge is 2.22. The maximum atomic E-state index is 13.4. The van der Waals surface area contributed by atoms with E-state index in [1.54, 1.807) is 13.8 Å². The van der Waals surface area contributed by atoms with Gasteiger partial charge in [0.15, 0.2) is 0 Å². The zero-order chi connectivity index (χ0) is 14.1. The van der Waals surface area contributed by atoms with E-state index in [4.69, 9.17) is 27.0 Å². The first-order valence-electron chi connectivity index (χ1n) is 4.77. The van der Waals surface area contributed by atoms with Crippen molar-refractivity contribution in [3.05, 3.63) is 28.5 Å². The number of esters is 1. The number of carbonyl (C=O) groups excluding carboxylic acids is 1. The predicted molar refractivity (Wildman–Crippen MR) is 65.0 cm³/mol. The van der Waals surface area contributed by atoms with E-state index in [9.17, 15) is 17.6 Å². The smallest absolute Gasteiger partial charge is 0.340 e. The second-order valence-corrected chi connectivity index (χ2v) is 6.60. The highest BCUT2D eigenvalue weighted by atomic mass is 35.7. The van der Waals surface area contributed by atoms with Gasteiger partial charge in [-0.1, -0.05) is 11.6 Å². The molecule has 0 atom stereocenters. The summed E-state index contributed by atoms with van der Waals surface area (Å²) in [6, 6.07) is 1.51. The molecule has 18 heavy (non-hydrogen) atoms. The van der Waals surface area contributed by atoms with Gasteiger partial charge in [0.1, 0.15) is 5.82 Å². The minimum Gasteiger partial charge on any atom is -0.459 e. The zero-order valence-corrected chi connectivity index (χ0v) is 11.7. The summed E-state index contributed by atoms with van der Waals surface area (Å²) in [5.74, 6) is -1.98. The molecular weight excluding hydrogens is 306 g/mol. The standard InChI is InChI=1S/C10H9Cl2FO4S/c1-5(2)17-10(14)7-3-6(18(12,15)16)4-8(13)9(7)11/h3-5H,1-2H3. The average Bonchev–Trinajstić information content (AvgIpc) is 2.18. The second-order valence-electron chi connectivity index (χ2n) is 3.66. The lowest BCUT2D eigenvalue weighted by Gasteiger charge is -2.10. The van der Waals surface area contributed by atoms with Gasteiger partial charge in [-0.2, -0.15) is 0 Å². The molecule has 0 aliphatic rings. The van der Waals surface area contributed by atoms with Crippen molar-refractivity contribution < 1.29 is 22.3 Å². The Bertz CT molecular complexity index is 584. The van der Waals surface area contributed by atoms with Crippen LogP contribution >= 0.6 is 22.3 Å². The number of rotatable bonds is 3. The fourth-order valence-electron chi connectivity index (χ4n) is 1.13. The molecule has 8 heteroatoms. The van der Waals surface area contributed by atoms with Gasteiger partial charge in [0, 0.05) is 10.7 Å². The lowest BCUT2D eigenvalue weighted by molar-refractivity contribution is 0.0377. The molecule has 0 heterocycles.